The molecule has 2 rings (SSSR count). The first-order valence-electron chi connectivity index (χ1n) is 6.20. The molecule has 0 spiro atoms. The van der Waals surface area contributed by atoms with Crippen LogP contribution in [-0.2, 0) is 9.53 Å². The standard InChI is InChI=1S/C16H13ClO3/c1-2-20-16(19)15(18)13-9-8-12(10-14(13)17)11-6-4-3-5-7-11/h3-10H,2H2,1H3. The van der Waals surface area contributed by atoms with Crippen molar-refractivity contribution in [2.45, 2.75) is 6.92 Å². The minimum atomic E-state index is -0.887. The number of Topliss-reactive ketones (excluding diaryl/α,β-unsaturated/α-hetero) is 1. The summed E-state index contributed by atoms with van der Waals surface area (Å²) >= 11 is 6.09. The van der Waals surface area contributed by atoms with Crippen LogP contribution in [0.15, 0.2) is 48.5 Å². The molecular formula is C16H13ClO3. The molecule has 0 saturated carbocycles. The van der Waals surface area contributed by atoms with Crippen LogP contribution in [-0.4, -0.2) is 18.4 Å². The zero-order valence-corrected chi connectivity index (χ0v) is 11.7. The molecule has 4 heteroatoms. The Kier molecular flexibility index (Phi) is 4.53. The van der Waals surface area contributed by atoms with E-state index in [4.69, 9.17) is 11.6 Å². The maximum atomic E-state index is 11.8. The zero-order valence-electron chi connectivity index (χ0n) is 10.9. The van der Waals surface area contributed by atoms with E-state index >= 15 is 0 Å². The van der Waals surface area contributed by atoms with E-state index in [1.807, 2.05) is 30.3 Å². The van der Waals surface area contributed by atoms with Crippen molar-refractivity contribution in [2.75, 3.05) is 6.61 Å². The molecule has 0 saturated heterocycles. The first-order chi connectivity index (χ1) is 9.63. The Hall–Kier alpha value is -2.13. The van der Waals surface area contributed by atoms with Crippen LogP contribution < -0.4 is 0 Å². The van der Waals surface area contributed by atoms with Gasteiger partial charge in [-0.15, -0.1) is 0 Å². The summed E-state index contributed by atoms with van der Waals surface area (Å²) in [5, 5.41) is 0.240. The monoisotopic (exact) mass is 288 g/mol. The second-order valence-electron chi connectivity index (χ2n) is 4.11. The maximum absolute atomic E-state index is 11.8. The molecule has 0 N–H and O–H groups in total. The smallest absolute Gasteiger partial charge is 0.379 e. The normalized spacial score (nSPS) is 10.1. The number of benzene rings is 2. The molecule has 0 heterocycles. The molecule has 0 amide bonds. The van der Waals surface area contributed by atoms with Crippen molar-refractivity contribution < 1.29 is 14.3 Å². The minimum Gasteiger partial charge on any atom is -0.460 e. The maximum Gasteiger partial charge on any atom is 0.379 e. The molecule has 0 aliphatic heterocycles. The number of ether oxygens (including phenoxy) is 1. The Bertz CT molecular complexity index is 635. The van der Waals surface area contributed by atoms with Gasteiger partial charge in [0.25, 0.3) is 5.78 Å². The summed E-state index contributed by atoms with van der Waals surface area (Å²) in [6, 6.07) is 14.6. The second kappa shape index (κ2) is 6.35. The van der Waals surface area contributed by atoms with Gasteiger partial charge < -0.3 is 4.74 Å². The number of carbonyl (C=O) groups excluding carboxylic acids is 2. The Balaban J connectivity index is 2.31. The molecule has 0 aromatic heterocycles. The third kappa shape index (κ3) is 3.06. The number of hydrogen-bond acceptors (Lipinski definition) is 3. The summed E-state index contributed by atoms with van der Waals surface area (Å²) < 4.78 is 4.68. The van der Waals surface area contributed by atoms with Crippen molar-refractivity contribution in [3.05, 3.63) is 59.1 Å². The van der Waals surface area contributed by atoms with Gasteiger partial charge in [-0.1, -0.05) is 48.0 Å². The molecule has 0 fully saturated rings. The first-order valence-corrected chi connectivity index (χ1v) is 6.57. The van der Waals surface area contributed by atoms with E-state index in [0.717, 1.165) is 11.1 Å². The number of carbonyl (C=O) groups is 2. The number of esters is 1. The Morgan fingerprint density at radius 1 is 1.05 bits per heavy atom. The van der Waals surface area contributed by atoms with Crippen LogP contribution in [0.1, 0.15) is 17.3 Å². The Labute approximate surface area is 122 Å². The van der Waals surface area contributed by atoms with E-state index in [0.29, 0.717) is 0 Å². The van der Waals surface area contributed by atoms with Gasteiger partial charge in [0.15, 0.2) is 0 Å². The summed E-state index contributed by atoms with van der Waals surface area (Å²) in [6.45, 7) is 1.80. The molecule has 2 aromatic carbocycles. The molecule has 0 unspecified atom stereocenters. The molecule has 0 radical (unpaired) electrons. The zero-order chi connectivity index (χ0) is 14.5. The quantitative estimate of drug-likeness (QED) is 0.489. The predicted molar refractivity (Wildman–Crippen MR) is 77.9 cm³/mol. The van der Waals surface area contributed by atoms with Crippen molar-refractivity contribution in [1.82, 2.24) is 0 Å². The molecule has 0 atom stereocenters. The van der Waals surface area contributed by atoms with Gasteiger partial charge in [-0.3, -0.25) is 4.79 Å². The molecule has 20 heavy (non-hydrogen) atoms. The first kappa shape index (κ1) is 14.3. The molecule has 0 aliphatic rings. The molecule has 3 nitrogen and oxygen atoms in total. The number of rotatable bonds is 4. The summed E-state index contributed by atoms with van der Waals surface area (Å²) in [7, 11) is 0. The third-order valence-electron chi connectivity index (χ3n) is 2.78. The van der Waals surface area contributed by atoms with Crippen molar-refractivity contribution >= 4 is 23.4 Å². The van der Waals surface area contributed by atoms with Gasteiger partial charge in [-0.25, -0.2) is 4.79 Å². The van der Waals surface area contributed by atoms with Gasteiger partial charge in [0, 0.05) is 5.56 Å². The predicted octanol–water partition coefficient (Wildman–Crippen LogP) is 3.75. The van der Waals surface area contributed by atoms with Crippen molar-refractivity contribution in [3.8, 4) is 11.1 Å². The number of halogens is 1. The highest BCUT2D eigenvalue weighted by Crippen LogP contribution is 2.26. The lowest BCUT2D eigenvalue weighted by atomic mass is 10.0. The van der Waals surface area contributed by atoms with Gasteiger partial charge >= 0.3 is 5.97 Å². The van der Waals surface area contributed by atoms with E-state index in [-0.39, 0.29) is 17.2 Å². The molecule has 102 valence electrons. The van der Waals surface area contributed by atoms with Gasteiger partial charge in [0.1, 0.15) is 0 Å². The number of hydrogen-bond donors (Lipinski definition) is 0. The minimum absolute atomic E-state index is 0.157. The van der Waals surface area contributed by atoms with Crippen molar-refractivity contribution in [1.29, 1.82) is 0 Å². The lowest BCUT2D eigenvalue weighted by Gasteiger charge is -2.06. The third-order valence-corrected chi connectivity index (χ3v) is 3.09. The highest BCUT2D eigenvalue weighted by Gasteiger charge is 2.20. The second-order valence-corrected chi connectivity index (χ2v) is 4.52. The largest absolute Gasteiger partial charge is 0.460 e. The van der Waals surface area contributed by atoms with Gasteiger partial charge in [0.2, 0.25) is 0 Å². The molecule has 0 aliphatic carbocycles. The average molecular weight is 289 g/mol. The van der Waals surface area contributed by atoms with Crippen LogP contribution in [0.5, 0.6) is 0 Å². The van der Waals surface area contributed by atoms with Crippen LogP contribution in [0.2, 0.25) is 5.02 Å². The lowest BCUT2D eigenvalue weighted by Crippen LogP contribution is -2.17. The van der Waals surface area contributed by atoms with Gasteiger partial charge in [-0.05, 0) is 30.2 Å². The molecular weight excluding hydrogens is 276 g/mol. The fourth-order valence-corrected chi connectivity index (χ4v) is 2.08. The van der Waals surface area contributed by atoms with Gasteiger partial charge in [0.05, 0.1) is 11.6 Å². The number of ketones is 1. The van der Waals surface area contributed by atoms with Crippen molar-refractivity contribution in [2.24, 2.45) is 0 Å². The van der Waals surface area contributed by atoms with E-state index in [2.05, 4.69) is 4.74 Å². The Morgan fingerprint density at radius 3 is 2.35 bits per heavy atom. The topological polar surface area (TPSA) is 43.4 Å². The lowest BCUT2D eigenvalue weighted by molar-refractivity contribution is -0.137. The highest BCUT2D eigenvalue weighted by molar-refractivity contribution is 6.45. The summed E-state index contributed by atoms with van der Waals surface area (Å²) in [4.78, 5) is 23.3. The Morgan fingerprint density at radius 2 is 1.75 bits per heavy atom. The highest BCUT2D eigenvalue weighted by atomic mass is 35.5. The van der Waals surface area contributed by atoms with E-state index in [9.17, 15) is 9.59 Å². The van der Waals surface area contributed by atoms with Crippen LogP contribution in [0.25, 0.3) is 11.1 Å². The van der Waals surface area contributed by atoms with Crippen LogP contribution in [0.3, 0.4) is 0 Å². The van der Waals surface area contributed by atoms with Crippen LogP contribution in [0.4, 0.5) is 0 Å². The average Bonchev–Trinajstić information content (AvgIpc) is 2.47. The summed E-state index contributed by atoms with van der Waals surface area (Å²) in [5.74, 6) is -1.61. The molecule has 2 aromatic rings. The van der Waals surface area contributed by atoms with E-state index < -0.39 is 11.8 Å². The van der Waals surface area contributed by atoms with Crippen LogP contribution in [0, 0.1) is 0 Å². The fourth-order valence-electron chi connectivity index (χ4n) is 1.82. The van der Waals surface area contributed by atoms with E-state index in [1.165, 1.54) is 0 Å². The summed E-state index contributed by atoms with van der Waals surface area (Å²) in [5.41, 5.74) is 2.03. The fraction of sp³-hybridized carbons (Fsp3) is 0.125. The summed E-state index contributed by atoms with van der Waals surface area (Å²) in [6.07, 6.45) is 0. The van der Waals surface area contributed by atoms with Crippen LogP contribution >= 0.6 is 11.6 Å². The van der Waals surface area contributed by atoms with Gasteiger partial charge in [-0.2, -0.15) is 0 Å². The van der Waals surface area contributed by atoms with Crippen molar-refractivity contribution in [3.63, 3.8) is 0 Å². The SMILES string of the molecule is CCOC(=O)C(=O)c1ccc(-c2ccccc2)cc1Cl. The molecule has 0 bridgehead atoms. The van der Waals surface area contributed by atoms with E-state index in [1.54, 1.807) is 25.1 Å².